The average Bonchev–Trinajstić information content (AvgIpc) is 3.44. The minimum Gasteiger partial charge on any atom is -0.481 e. The Morgan fingerprint density at radius 3 is 0.397 bits per heavy atom. The van der Waals surface area contributed by atoms with Crippen molar-refractivity contribution >= 4 is 17.9 Å². The van der Waals surface area contributed by atoms with Crippen molar-refractivity contribution in [3.05, 3.63) is 0 Å². The predicted molar refractivity (Wildman–Crippen MR) is 307 cm³/mol. The van der Waals surface area contributed by atoms with E-state index in [1.807, 2.05) is 0 Å². The molecule has 0 aromatic carbocycles. The highest BCUT2D eigenvalue weighted by molar-refractivity contribution is 5.67. The molecule has 0 aliphatic carbocycles. The molecule has 0 atom stereocenters. The van der Waals surface area contributed by atoms with Crippen molar-refractivity contribution in [2.45, 2.75) is 282 Å². The Labute approximate surface area is 471 Å². The molecule has 21 heteroatoms. The van der Waals surface area contributed by atoms with Gasteiger partial charge >= 0.3 is 17.9 Å². The fourth-order valence-electron chi connectivity index (χ4n) is 6.11. The number of aliphatic hydroxyl groups excluding tert-OH is 15. The quantitative estimate of drug-likeness (QED) is 0.0312. The third-order valence-corrected chi connectivity index (χ3v) is 11.1. The van der Waals surface area contributed by atoms with Crippen LogP contribution in [-0.2, 0) is 14.4 Å². The lowest BCUT2D eigenvalue weighted by atomic mass is 10.1. The molecule has 0 saturated carbocycles. The zero-order valence-electron chi connectivity index (χ0n) is 49.2. The highest BCUT2D eigenvalue weighted by atomic mass is 16.4. The maximum atomic E-state index is 10.3. The van der Waals surface area contributed by atoms with Crippen molar-refractivity contribution in [2.75, 3.05) is 66.1 Å². The van der Waals surface area contributed by atoms with Crippen LogP contribution in [0.5, 0.6) is 0 Å². The minimum atomic E-state index is -0.954. The van der Waals surface area contributed by atoms with Gasteiger partial charge < -0.3 is 91.9 Å². The van der Waals surface area contributed by atoms with E-state index in [9.17, 15) is 14.4 Å². The Balaban J connectivity index is -0.000000125. The molecule has 0 spiro atoms. The molecule has 0 heterocycles. The number of aliphatic carboxylic acids is 3. The second kappa shape index (κ2) is 88.6. The molecule has 0 aliphatic heterocycles. The van der Waals surface area contributed by atoms with Gasteiger partial charge in [-0.2, -0.15) is 0 Å². The van der Waals surface area contributed by atoms with E-state index in [0.717, 1.165) is 38.5 Å². The second-order valence-electron chi connectivity index (χ2n) is 19.1. The molecule has 478 valence electrons. The first-order valence-electron chi connectivity index (χ1n) is 29.5. The van der Waals surface area contributed by atoms with E-state index in [2.05, 4.69) is 20.8 Å². The first-order chi connectivity index (χ1) is 37.4. The van der Waals surface area contributed by atoms with Crippen molar-refractivity contribution < 1.29 is 106 Å². The number of rotatable bonds is 46. The fourth-order valence-corrected chi connectivity index (χ4v) is 6.11. The van der Waals surface area contributed by atoms with Crippen molar-refractivity contribution in [1.29, 1.82) is 0 Å². The van der Waals surface area contributed by atoms with Gasteiger partial charge in [0.25, 0.3) is 0 Å². The van der Waals surface area contributed by atoms with E-state index in [-0.39, 0.29) is 66.1 Å². The molecule has 0 amide bonds. The van der Waals surface area contributed by atoms with Crippen LogP contribution < -0.4 is 0 Å². The van der Waals surface area contributed by atoms with Gasteiger partial charge in [-0.05, 0) is 19.3 Å². The van der Waals surface area contributed by atoms with E-state index in [1.54, 1.807) is 0 Å². The van der Waals surface area contributed by atoms with Gasteiger partial charge in [0.2, 0.25) is 0 Å². The summed E-state index contributed by atoms with van der Waals surface area (Å²) in [4.78, 5) is 30.8. The Kier molecular flexibility index (Phi) is 105. The summed E-state index contributed by atoms with van der Waals surface area (Å²) >= 11 is 0. The Morgan fingerprint density at radius 1 is 0.218 bits per heavy atom. The maximum Gasteiger partial charge on any atom is 0.303 e. The second-order valence-corrected chi connectivity index (χ2v) is 19.1. The third-order valence-electron chi connectivity index (χ3n) is 11.1. The molecule has 0 fully saturated rings. The van der Waals surface area contributed by atoms with Gasteiger partial charge in [-0.3, -0.25) is 14.4 Å². The van der Waals surface area contributed by atoms with Crippen LogP contribution in [0, 0.1) is 0 Å². The van der Waals surface area contributed by atoms with Crippen LogP contribution in [0.4, 0.5) is 0 Å². The van der Waals surface area contributed by atoms with E-state index in [1.165, 1.54) is 173 Å². The summed E-state index contributed by atoms with van der Waals surface area (Å²) in [5, 5.41) is 145. The number of carboxylic acids is 3. The smallest absolute Gasteiger partial charge is 0.303 e. The number of hydrogen-bond donors (Lipinski definition) is 18. The largest absolute Gasteiger partial charge is 0.481 e. The first kappa shape index (κ1) is 92.3. The summed E-state index contributed by atoms with van der Waals surface area (Å²) in [6, 6.07) is 0. The lowest BCUT2D eigenvalue weighted by molar-refractivity contribution is -0.138. The Morgan fingerprint density at radius 2 is 0.321 bits per heavy atom. The Bertz CT molecular complexity index is 886. The zero-order valence-corrected chi connectivity index (χ0v) is 49.2. The van der Waals surface area contributed by atoms with Crippen LogP contribution in [0.3, 0.4) is 0 Å². The van der Waals surface area contributed by atoms with Gasteiger partial charge in [0.15, 0.2) is 0 Å². The van der Waals surface area contributed by atoms with Crippen molar-refractivity contribution in [1.82, 2.24) is 0 Å². The summed E-state index contributed by atoms with van der Waals surface area (Å²) in [5.74, 6) is -1.97. The summed E-state index contributed by atoms with van der Waals surface area (Å²) < 4.78 is 0. The molecule has 0 saturated heterocycles. The van der Waals surface area contributed by atoms with Crippen molar-refractivity contribution in [3.63, 3.8) is 0 Å². The van der Waals surface area contributed by atoms with Gasteiger partial charge in [0.05, 0.1) is 66.1 Å². The number of unbranched alkanes of at least 4 members (excludes halogenated alkanes) is 30. The van der Waals surface area contributed by atoms with E-state index >= 15 is 0 Å². The Hall–Kier alpha value is -2.19. The monoisotopic (exact) mass is 1140 g/mol. The molecule has 18 N–H and O–H groups in total. The van der Waals surface area contributed by atoms with E-state index in [0.29, 0.717) is 19.3 Å². The summed E-state index contributed by atoms with van der Waals surface area (Å²) in [6.45, 7) is 3.10. The van der Waals surface area contributed by atoms with Gasteiger partial charge in [-0.15, -0.1) is 0 Å². The lowest BCUT2D eigenvalue weighted by Crippen LogP contribution is -2.15. The molecule has 0 aromatic heterocycles. The molecule has 0 rings (SSSR count). The molecule has 0 unspecified atom stereocenters. The van der Waals surface area contributed by atoms with Crippen LogP contribution in [0.2, 0.25) is 0 Å². The van der Waals surface area contributed by atoms with Gasteiger partial charge in [0.1, 0.15) is 30.5 Å². The number of carboxylic acid groups (broad SMARTS) is 3. The highest BCUT2D eigenvalue weighted by Crippen LogP contribution is 2.14. The number of hydrogen-bond acceptors (Lipinski definition) is 18. The van der Waals surface area contributed by atoms with Crippen molar-refractivity contribution in [3.8, 4) is 0 Å². The van der Waals surface area contributed by atoms with Gasteiger partial charge in [-0.1, -0.05) is 213 Å². The molecule has 0 radical (unpaired) electrons. The van der Waals surface area contributed by atoms with Gasteiger partial charge in [-0.25, -0.2) is 0 Å². The molecule has 0 aliphatic rings. The molecule has 21 nitrogen and oxygen atoms in total. The molecular weight excluding hydrogens is 1020 g/mol. The van der Waals surface area contributed by atoms with Crippen LogP contribution in [-0.4, -0.2) is 206 Å². The highest BCUT2D eigenvalue weighted by Gasteiger charge is 2.01. The normalized spacial score (nSPS) is 10.3. The molecular formula is C57H124O21. The summed E-state index contributed by atoms with van der Waals surface area (Å²) in [5.41, 5.74) is 0. The topological polar surface area (TPSA) is 415 Å². The molecule has 0 aromatic rings. The van der Waals surface area contributed by atoms with E-state index < -0.39 is 48.4 Å². The fraction of sp³-hybridized carbons (Fsp3) is 0.947. The summed E-state index contributed by atoms with van der Waals surface area (Å²) in [7, 11) is 0. The SMILES string of the molecule is CCCCCCCCCCCCCC(=O)O.CCCCCCCCCCCCCC(=O)O.CCCCCCCCCCCCCC(=O)O.OCC(O)CO.OCC(O)CO.OCC(O)CO.OCC(O)CO.OCC(O)CO. The average molecular weight is 1150 g/mol. The van der Waals surface area contributed by atoms with E-state index in [4.69, 9.17) is 91.9 Å². The lowest BCUT2D eigenvalue weighted by Gasteiger charge is -2.01. The van der Waals surface area contributed by atoms with Gasteiger partial charge in [0, 0.05) is 19.3 Å². The molecule has 0 bridgehead atoms. The van der Waals surface area contributed by atoms with Crippen molar-refractivity contribution in [2.24, 2.45) is 0 Å². The minimum absolute atomic E-state index is 0.344. The van der Waals surface area contributed by atoms with Crippen LogP contribution in [0.1, 0.15) is 252 Å². The number of aliphatic hydroxyl groups is 15. The van der Waals surface area contributed by atoms with Crippen LogP contribution >= 0.6 is 0 Å². The summed E-state index contributed by atoms with van der Waals surface area (Å²) in [6.07, 6.45) is 38.3. The zero-order chi connectivity index (χ0) is 61.1. The third kappa shape index (κ3) is 121. The maximum absolute atomic E-state index is 10.3. The molecule has 78 heavy (non-hydrogen) atoms. The van der Waals surface area contributed by atoms with Crippen LogP contribution in [0.15, 0.2) is 0 Å². The predicted octanol–water partition coefficient (Wildman–Crippen LogP) is 5.98. The standard InChI is InChI=1S/3C14H28O2.5C3H8O3/c3*1-2-3-4-5-6-7-8-9-10-11-12-13-14(15)16;5*4-1-3(6)2-5/h3*2-13H2,1H3,(H,15,16);5*3-6H,1-2H2. The number of carbonyl (C=O) groups is 3. The first-order valence-corrected chi connectivity index (χ1v) is 29.5. The van der Waals surface area contributed by atoms with Crippen LogP contribution in [0.25, 0.3) is 0 Å².